The van der Waals surface area contributed by atoms with Crippen LogP contribution in [0.5, 0.6) is 0 Å². The van der Waals surface area contributed by atoms with E-state index in [-0.39, 0.29) is 53.6 Å². The third-order valence-electron chi connectivity index (χ3n) is 6.07. The number of hydrogen-bond acceptors (Lipinski definition) is 10. The van der Waals surface area contributed by atoms with Crippen LogP contribution in [0.15, 0.2) is 22.5 Å². The number of fused-ring (bicyclic) bond motifs is 4. The number of primary amides is 1. The zero-order chi connectivity index (χ0) is 21.1. The molecule has 0 saturated carbocycles. The van der Waals surface area contributed by atoms with Crippen LogP contribution in [-0.2, 0) is 28.6 Å². The van der Waals surface area contributed by atoms with Gasteiger partial charge in [-0.25, -0.2) is 4.79 Å². The van der Waals surface area contributed by atoms with Crippen molar-refractivity contribution in [1.29, 1.82) is 0 Å². The van der Waals surface area contributed by atoms with Gasteiger partial charge >= 0.3 is 12.1 Å². The van der Waals surface area contributed by atoms with Gasteiger partial charge in [-0.05, 0) is 6.92 Å². The highest BCUT2D eigenvalue weighted by molar-refractivity contribution is 6.25. The molecule has 3 heterocycles. The molecule has 0 aromatic heterocycles. The summed E-state index contributed by atoms with van der Waals surface area (Å²) in [6.45, 7) is 1.53. The van der Waals surface area contributed by atoms with E-state index in [0.717, 1.165) is 0 Å². The number of Topliss-reactive ketones (excluding diaryl/α,β-unsaturated/α-hetero) is 2. The number of piperazine rings is 1. The first-order valence-corrected chi connectivity index (χ1v) is 9.14. The first-order chi connectivity index (χ1) is 13.8. The molecule has 0 spiro atoms. The number of ketones is 2. The molecule has 11 nitrogen and oxygen atoms in total. The minimum atomic E-state index is -1.03. The van der Waals surface area contributed by atoms with E-state index in [1.54, 1.807) is 4.90 Å². The predicted octanol–water partition coefficient (Wildman–Crippen LogP) is -1.85. The highest BCUT2D eigenvalue weighted by Gasteiger charge is 2.72. The molecule has 4 unspecified atom stereocenters. The molecule has 4 N–H and O–H groups in total. The summed E-state index contributed by atoms with van der Waals surface area (Å²) >= 11 is 0. The molecule has 0 bridgehead atoms. The fourth-order valence-electron chi connectivity index (χ4n) is 4.74. The lowest BCUT2D eigenvalue weighted by Gasteiger charge is -2.39. The number of ether oxygens (including phenoxy) is 3. The number of carbonyl (C=O) groups excluding carboxylic acids is 4. The van der Waals surface area contributed by atoms with Crippen molar-refractivity contribution in [2.45, 2.75) is 24.7 Å². The summed E-state index contributed by atoms with van der Waals surface area (Å²) < 4.78 is 15.5. The fraction of sp³-hybridized carbons (Fsp3) is 0.556. The Morgan fingerprint density at radius 2 is 2.03 bits per heavy atom. The van der Waals surface area contributed by atoms with E-state index in [4.69, 9.17) is 15.2 Å². The van der Waals surface area contributed by atoms with Crippen LogP contribution in [0.1, 0.15) is 6.92 Å². The Morgan fingerprint density at radius 1 is 1.31 bits per heavy atom. The number of esters is 1. The average molecular weight is 406 g/mol. The number of nitrogens with zero attached hydrogens (tertiary/aromatic N) is 1. The predicted molar refractivity (Wildman–Crippen MR) is 95.9 cm³/mol. The number of nitrogens with one attached hydrogen (secondary N) is 2. The number of nitrogens with two attached hydrogens (primary N) is 1. The smallest absolute Gasteiger partial charge is 0.404 e. The van der Waals surface area contributed by atoms with Crippen LogP contribution in [0.3, 0.4) is 0 Å². The zero-order valence-electron chi connectivity index (χ0n) is 16.2. The second-order valence-electron chi connectivity index (χ2n) is 7.35. The van der Waals surface area contributed by atoms with Gasteiger partial charge in [-0.2, -0.15) is 0 Å². The number of hydrogen-bond donors (Lipinski definition) is 3. The third kappa shape index (κ3) is 2.57. The first-order valence-electron chi connectivity index (χ1n) is 9.14. The standard InChI is InChI=1S/C18H22N4O7/c1-7-12(20-4-10(23)27-2)15(25)11-8(6-29-17(19)26)18(28-3)16-9(21-16)5-22(18)13(11)14(7)24/h8-9,16,20-21H,4-6H2,1-3H3,(H2,19,26). The molecule has 0 radical (unpaired) electrons. The van der Waals surface area contributed by atoms with Gasteiger partial charge < -0.3 is 35.5 Å². The van der Waals surface area contributed by atoms with Crippen LogP contribution in [0.25, 0.3) is 0 Å². The van der Waals surface area contributed by atoms with Crippen molar-refractivity contribution in [2.75, 3.05) is 33.9 Å². The van der Waals surface area contributed by atoms with Crippen LogP contribution in [0, 0.1) is 5.92 Å². The van der Waals surface area contributed by atoms with Crippen molar-refractivity contribution in [2.24, 2.45) is 11.7 Å². The maximum atomic E-state index is 13.4. The Kier molecular flexibility index (Phi) is 4.39. The molecule has 2 saturated heterocycles. The van der Waals surface area contributed by atoms with E-state index in [1.165, 1.54) is 21.1 Å². The quantitative estimate of drug-likeness (QED) is 0.260. The van der Waals surface area contributed by atoms with Crippen molar-refractivity contribution in [3.05, 3.63) is 22.5 Å². The van der Waals surface area contributed by atoms with Crippen LogP contribution in [0.2, 0.25) is 0 Å². The molecular weight excluding hydrogens is 384 g/mol. The SMILES string of the molecule is COC(=O)CNC1=C(C)C(=O)C2=C(C1=O)C(COC(N)=O)C1(OC)C3NC3CN21. The Balaban J connectivity index is 1.74. The molecule has 2 fully saturated rings. The van der Waals surface area contributed by atoms with Crippen LogP contribution in [0.4, 0.5) is 4.79 Å². The molecule has 156 valence electrons. The first kappa shape index (κ1) is 19.4. The van der Waals surface area contributed by atoms with Gasteiger partial charge in [-0.15, -0.1) is 0 Å². The fourth-order valence-corrected chi connectivity index (χ4v) is 4.74. The number of amides is 1. The molecule has 3 aliphatic heterocycles. The summed E-state index contributed by atoms with van der Waals surface area (Å²) in [6.07, 6.45) is -0.986. The van der Waals surface area contributed by atoms with E-state index >= 15 is 0 Å². The Bertz CT molecular complexity index is 895. The molecule has 1 amide bonds. The summed E-state index contributed by atoms with van der Waals surface area (Å²) in [6, 6.07) is -0.00178. The van der Waals surface area contributed by atoms with Gasteiger partial charge in [0, 0.05) is 30.8 Å². The minimum absolute atomic E-state index is 0.0240. The Hall–Kier alpha value is -2.92. The van der Waals surface area contributed by atoms with Crippen molar-refractivity contribution in [3.8, 4) is 0 Å². The Morgan fingerprint density at radius 3 is 2.66 bits per heavy atom. The van der Waals surface area contributed by atoms with Crippen LogP contribution < -0.4 is 16.4 Å². The highest BCUT2D eigenvalue weighted by Crippen LogP contribution is 2.55. The summed E-state index contributed by atoms with van der Waals surface area (Å²) in [5.41, 5.74) is 4.78. The largest absolute Gasteiger partial charge is 0.468 e. The zero-order valence-corrected chi connectivity index (χ0v) is 16.2. The number of allylic oxidation sites excluding steroid dienone is 2. The normalized spacial score (nSPS) is 32.1. The molecule has 4 rings (SSSR count). The van der Waals surface area contributed by atoms with Gasteiger partial charge in [0.05, 0.1) is 30.5 Å². The van der Waals surface area contributed by atoms with Crippen molar-refractivity contribution >= 4 is 23.6 Å². The van der Waals surface area contributed by atoms with Crippen LogP contribution >= 0.6 is 0 Å². The molecule has 11 heteroatoms. The molecule has 0 aromatic carbocycles. The topological polar surface area (TPSA) is 159 Å². The van der Waals surface area contributed by atoms with E-state index in [0.29, 0.717) is 6.54 Å². The molecule has 4 aliphatic rings. The van der Waals surface area contributed by atoms with E-state index in [2.05, 4.69) is 15.4 Å². The minimum Gasteiger partial charge on any atom is -0.468 e. The second kappa shape index (κ2) is 6.56. The lowest BCUT2D eigenvalue weighted by molar-refractivity contribution is -0.139. The van der Waals surface area contributed by atoms with E-state index in [1.807, 2.05) is 0 Å². The van der Waals surface area contributed by atoms with Crippen molar-refractivity contribution in [1.82, 2.24) is 15.5 Å². The monoisotopic (exact) mass is 406 g/mol. The molecular formula is C18H22N4O7. The number of carbonyl (C=O) groups is 4. The van der Waals surface area contributed by atoms with Crippen molar-refractivity contribution in [3.63, 3.8) is 0 Å². The molecule has 4 atom stereocenters. The van der Waals surface area contributed by atoms with Crippen molar-refractivity contribution < 1.29 is 33.4 Å². The highest BCUT2D eigenvalue weighted by atomic mass is 16.6. The van der Waals surface area contributed by atoms with Gasteiger partial charge in [-0.1, -0.05) is 0 Å². The van der Waals surface area contributed by atoms with E-state index in [9.17, 15) is 19.2 Å². The maximum absolute atomic E-state index is 13.4. The number of rotatable bonds is 6. The van der Waals surface area contributed by atoms with Gasteiger partial charge in [0.1, 0.15) is 13.2 Å². The third-order valence-corrected chi connectivity index (χ3v) is 6.07. The van der Waals surface area contributed by atoms with E-state index < -0.39 is 29.5 Å². The lowest BCUT2D eigenvalue weighted by atomic mass is 9.82. The molecule has 29 heavy (non-hydrogen) atoms. The van der Waals surface area contributed by atoms with Gasteiger partial charge in [0.2, 0.25) is 11.6 Å². The van der Waals surface area contributed by atoms with Gasteiger partial charge in [-0.3, -0.25) is 14.4 Å². The average Bonchev–Trinajstić information content (AvgIpc) is 3.30. The maximum Gasteiger partial charge on any atom is 0.404 e. The van der Waals surface area contributed by atoms with Gasteiger partial charge in [0.25, 0.3) is 0 Å². The number of methoxy groups -OCH3 is 2. The molecule has 0 aromatic rings. The summed E-state index contributed by atoms with van der Waals surface area (Å²) in [5.74, 6) is -2.08. The van der Waals surface area contributed by atoms with Crippen LogP contribution in [-0.4, -0.2) is 80.3 Å². The van der Waals surface area contributed by atoms with Gasteiger partial charge in [0.15, 0.2) is 5.72 Å². The lowest BCUT2D eigenvalue weighted by Crippen LogP contribution is -2.55. The summed E-state index contributed by atoms with van der Waals surface area (Å²) in [7, 11) is 2.72. The summed E-state index contributed by atoms with van der Waals surface area (Å²) in [5, 5.41) is 5.99. The molecule has 1 aliphatic carbocycles. The second-order valence-corrected chi connectivity index (χ2v) is 7.35. The summed E-state index contributed by atoms with van der Waals surface area (Å²) in [4.78, 5) is 51.1. The Labute approximate surface area is 166 Å².